The molecule has 0 aliphatic heterocycles. The molecule has 0 N–H and O–H groups in total. The van der Waals surface area contributed by atoms with Gasteiger partial charge in [-0.3, -0.25) is 0 Å². The van der Waals surface area contributed by atoms with Crippen LogP contribution in [0.4, 0.5) is 0 Å². The lowest BCUT2D eigenvalue weighted by molar-refractivity contribution is 0.669. The number of aromatic nitrogens is 3. The van der Waals surface area contributed by atoms with E-state index in [9.17, 15) is 0 Å². The van der Waals surface area contributed by atoms with Crippen LogP contribution in [0.25, 0.3) is 88.8 Å². The fourth-order valence-electron chi connectivity index (χ4n) is 6.40. The van der Waals surface area contributed by atoms with Crippen molar-refractivity contribution < 1.29 is 4.42 Å². The zero-order valence-electron chi connectivity index (χ0n) is 24.2. The van der Waals surface area contributed by atoms with Gasteiger partial charge < -0.3 is 4.42 Å². The first-order valence-corrected chi connectivity index (χ1v) is 15.0. The predicted molar refractivity (Wildman–Crippen MR) is 184 cm³/mol. The van der Waals surface area contributed by atoms with Gasteiger partial charge in [0, 0.05) is 27.5 Å². The number of para-hydroxylation sites is 1. The molecule has 7 aromatic carbocycles. The van der Waals surface area contributed by atoms with Gasteiger partial charge in [-0.15, -0.1) is 0 Å². The summed E-state index contributed by atoms with van der Waals surface area (Å²) in [7, 11) is 0. The molecule has 0 aliphatic carbocycles. The molecule has 0 bridgehead atoms. The van der Waals surface area contributed by atoms with Crippen molar-refractivity contribution in [3.63, 3.8) is 0 Å². The number of fused-ring (bicyclic) bond motifs is 6. The molecule has 210 valence electrons. The van der Waals surface area contributed by atoms with E-state index >= 15 is 0 Å². The standard InChI is InChI=1S/C41H25N3O/c1-3-11-26(12-4-1)39-42-40(27-13-5-2-6-14-27)44-41(43-39)34-23-22-30(32-15-7-8-16-33(32)34)28-19-21-31-29(25-28)20-24-37-38(31)35-17-9-10-18-36(35)45-37/h1-25H. The molecule has 0 fully saturated rings. The quantitative estimate of drug-likeness (QED) is 0.209. The highest BCUT2D eigenvalue weighted by Gasteiger charge is 2.17. The van der Waals surface area contributed by atoms with E-state index in [0.29, 0.717) is 17.5 Å². The summed E-state index contributed by atoms with van der Waals surface area (Å²) in [5.41, 5.74) is 7.02. The highest BCUT2D eigenvalue weighted by molar-refractivity contribution is 6.19. The molecule has 9 rings (SSSR count). The molecule has 0 aliphatic rings. The second-order valence-electron chi connectivity index (χ2n) is 11.2. The zero-order valence-corrected chi connectivity index (χ0v) is 24.2. The van der Waals surface area contributed by atoms with Crippen LogP contribution in [0.3, 0.4) is 0 Å². The molecule has 4 nitrogen and oxygen atoms in total. The summed E-state index contributed by atoms with van der Waals surface area (Å²) in [4.78, 5) is 14.9. The molecule has 45 heavy (non-hydrogen) atoms. The van der Waals surface area contributed by atoms with Gasteiger partial charge in [-0.05, 0) is 56.9 Å². The fourth-order valence-corrected chi connectivity index (χ4v) is 6.40. The smallest absolute Gasteiger partial charge is 0.164 e. The van der Waals surface area contributed by atoms with Crippen molar-refractivity contribution >= 4 is 43.5 Å². The first-order chi connectivity index (χ1) is 22.3. The maximum Gasteiger partial charge on any atom is 0.164 e. The molecule has 0 atom stereocenters. The Kier molecular flexibility index (Phi) is 5.78. The van der Waals surface area contributed by atoms with Crippen molar-refractivity contribution in [1.82, 2.24) is 15.0 Å². The Hall–Kier alpha value is -6.13. The van der Waals surface area contributed by atoms with Gasteiger partial charge in [0.2, 0.25) is 0 Å². The van der Waals surface area contributed by atoms with Crippen LogP contribution in [0.2, 0.25) is 0 Å². The number of benzene rings is 7. The first-order valence-electron chi connectivity index (χ1n) is 15.0. The molecule has 0 radical (unpaired) electrons. The summed E-state index contributed by atoms with van der Waals surface area (Å²) in [6.07, 6.45) is 0. The lowest BCUT2D eigenvalue weighted by atomic mass is 9.93. The highest BCUT2D eigenvalue weighted by Crippen LogP contribution is 2.39. The van der Waals surface area contributed by atoms with Crippen LogP contribution in [-0.4, -0.2) is 15.0 Å². The summed E-state index contributed by atoms with van der Waals surface area (Å²) in [5.74, 6) is 1.96. The molecule has 4 heteroatoms. The summed E-state index contributed by atoms with van der Waals surface area (Å²) in [6, 6.07) is 52.2. The Morgan fingerprint density at radius 1 is 0.356 bits per heavy atom. The van der Waals surface area contributed by atoms with Crippen molar-refractivity contribution in [3.05, 3.63) is 152 Å². The van der Waals surface area contributed by atoms with Crippen LogP contribution in [0.1, 0.15) is 0 Å². The van der Waals surface area contributed by atoms with Crippen molar-refractivity contribution in [3.8, 4) is 45.3 Å². The van der Waals surface area contributed by atoms with Crippen molar-refractivity contribution in [2.24, 2.45) is 0 Å². The van der Waals surface area contributed by atoms with Gasteiger partial charge >= 0.3 is 0 Å². The third-order valence-corrected chi connectivity index (χ3v) is 8.53. The lowest BCUT2D eigenvalue weighted by Crippen LogP contribution is -2.00. The van der Waals surface area contributed by atoms with Crippen molar-refractivity contribution in [2.75, 3.05) is 0 Å². The number of nitrogens with zero attached hydrogens (tertiary/aromatic N) is 3. The predicted octanol–water partition coefficient (Wildman–Crippen LogP) is 10.7. The monoisotopic (exact) mass is 575 g/mol. The summed E-state index contributed by atoms with van der Waals surface area (Å²) in [5, 5.41) is 6.91. The minimum absolute atomic E-state index is 0.651. The van der Waals surface area contributed by atoms with E-state index in [4.69, 9.17) is 19.4 Å². The molecule has 0 spiro atoms. The number of rotatable bonds is 4. The van der Waals surface area contributed by atoms with E-state index < -0.39 is 0 Å². The van der Waals surface area contributed by atoms with E-state index in [1.807, 2.05) is 72.8 Å². The fraction of sp³-hybridized carbons (Fsp3) is 0. The van der Waals surface area contributed by atoms with Crippen LogP contribution < -0.4 is 0 Å². The average molecular weight is 576 g/mol. The van der Waals surface area contributed by atoms with Crippen LogP contribution >= 0.6 is 0 Å². The SMILES string of the molecule is c1ccc(-c2nc(-c3ccccc3)nc(-c3ccc(-c4ccc5c(ccc6oc7ccccc7c65)c4)c4ccccc34)n2)cc1. The molecule has 0 saturated heterocycles. The molecule has 0 saturated carbocycles. The summed E-state index contributed by atoms with van der Waals surface area (Å²) in [6.45, 7) is 0. The van der Waals surface area contributed by atoms with E-state index in [1.54, 1.807) is 0 Å². The van der Waals surface area contributed by atoms with Gasteiger partial charge in [0.25, 0.3) is 0 Å². The van der Waals surface area contributed by atoms with Crippen molar-refractivity contribution in [2.45, 2.75) is 0 Å². The number of hydrogen-bond acceptors (Lipinski definition) is 4. The summed E-state index contributed by atoms with van der Waals surface area (Å²) >= 11 is 0. The minimum atomic E-state index is 0.651. The Morgan fingerprint density at radius 3 is 1.64 bits per heavy atom. The van der Waals surface area contributed by atoms with Crippen LogP contribution in [-0.2, 0) is 0 Å². The maximum absolute atomic E-state index is 6.15. The normalized spacial score (nSPS) is 11.6. The van der Waals surface area contributed by atoms with Crippen LogP contribution in [0.15, 0.2) is 156 Å². The van der Waals surface area contributed by atoms with E-state index in [-0.39, 0.29) is 0 Å². The molecule has 0 unspecified atom stereocenters. The zero-order chi connectivity index (χ0) is 29.7. The second kappa shape index (κ2) is 10.2. The number of hydrogen-bond donors (Lipinski definition) is 0. The summed E-state index contributed by atoms with van der Waals surface area (Å²) < 4.78 is 6.15. The minimum Gasteiger partial charge on any atom is -0.456 e. The van der Waals surface area contributed by atoms with Gasteiger partial charge in [-0.25, -0.2) is 15.0 Å². The van der Waals surface area contributed by atoms with E-state index in [1.165, 1.54) is 10.8 Å². The highest BCUT2D eigenvalue weighted by atomic mass is 16.3. The second-order valence-corrected chi connectivity index (χ2v) is 11.2. The third kappa shape index (κ3) is 4.27. The van der Waals surface area contributed by atoms with Gasteiger partial charge in [-0.2, -0.15) is 0 Å². The first kappa shape index (κ1) is 25.4. The molecule has 2 heterocycles. The van der Waals surface area contributed by atoms with Crippen LogP contribution in [0.5, 0.6) is 0 Å². The topological polar surface area (TPSA) is 51.8 Å². The Morgan fingerprint density at radius 2 is 0.933 bits per heavy atom. The van der Waals surface area contributed by atoms with E-state index in [2.05, 4.69) is 78.9 Å². The Labute approximate surface area is 259 Å². The van der Waals surface area contributed by atoms with Crippen LogP contribution in [0, 0.1) is 0 Å². The van der Waals surface area contributed by atoms with Crippen molar-refractivity contribution in [1.29, 1.82) is 0 Å². The lowest BCUT2D eigenvalue weighted by Gasteiger charge is -2.13. The van der Waals surface area contributed by atoms with Gasteiger partial charge in [-0.1, -0.05) is 127 Å². The third-order valence-electron chi connectivity index (χ3n) is 8.53. The Balaban J connectivity index is 1.22. The van der Waals surface area contributed by atoms with Gasteiger partial charge in [0.1, 0.15) is 11.2 Å². The van der Waals surface area contributed by atoms with Gasteiger partial charge in [0.05, 0.1) is 0 Å². The molecule has 0 amide bonds. The molecular formula is C41H25N3O. The molecular weight excluding hydrogens is 550 g/mol. The van der Waals surface area contributed by atoms with E-state index in [0.717, 1.165) is 60.5 Å². The molecule has 9 aromatic rings. The Bertz CT molecular complexity index is 2480. The maximum atomic E-state index is 6.15. The largest absolute Gasteiger partial charge is 0.456 e. The van der Waals surface area contributed by atoms with Gasteiger partial charge in [0.15, 0.2) is 17.5 Å². The molecule has 2 aromatic heterocycles. The average Bonchev–Trinajstić information content (AvgIpc) is 3.51. The number of furan rings is 1.